The number of carboxylic acids is 1. The third kappa shape index (κ3) is 6.06. The quantitative estimate of drug-likeness (QED) is 0.625. The highest BCUT2D eigenvalue weighted by Gasteiger charge is 2.30. The molecule has 0 aromatic heterocycles. The van der Waals surface area contributed by atoms with Crippen LogP contribution in [0.5, 0.6) is 0 Å². The van der Waals surface area contributed by atoms with E-state index in [4.69, 9.17) is 5.11 Å². The number of anilines is 1. The van der Waals surface area contributed by atoms with Gasteiger partial charge in [-0.15, -0.1) is 0 Å². The number of hydrogen-bond acceptors (Lipinski definition) is 3. The summed E-state index contributed by atoms with van der Waals surface area (Å²) < 4.78 is 0. The van der Waals surface area contributed by atoms with Gasteiger partial charge in [0.1, 0.15) is 0 Å². The molecule has 0 radical (unpaired) electrons. The van der Waals surface area contributed by atoms with Crippen LogP contribution in [0, 0.1) is 11.8 Å². The molecule has 4 N–H and O–H groups in total. The summed E-state index contributed by atoms with van der Waals surface area (Å²) in [5, 5.41) is 17.5. The van der Waals surface area contributed by atoms with E-state index in [0.29, 0.717) is 25.1 Å². The van der Waals surface area contributed by atoms with E-state index >= 15 is 0 Å². The van der Waals surface area contributed by atoms with E-state index in [9.17, 15) is 14.4 Å². The minimum Gasteiger partial charge on any atom is -0.481 e. The molecule has 2 unspecified atom stereocenters. The molecular weight excluding hydrogens is 334 g/mol. The summed E-state index contributed by atoms with van der Waals surface area (Å²) in [4.78, 5) is 35.0. The summed E-state index contributed by atoms with van der Waals surface area (Å²) in [5.41, 5.74) is 1.59. The Bertz CT molecular complexity index is 643. The lowest BCUT2D eigenvalue weighted by molar-refractivity contribution is -0.144. The van der Waals surface area contributed by atoms with Crippen molar-refractivity contribution in [2.45, 2.75) is 52.1 Å². The highest BCUT2D eigenvalue weighted by atomic mass is 16.4. The number of aliphatic carboxylic acids is 1. The van der Waals surface area contributed by atoms with Crippen molar-refractivity contribution >= 4 is 23.6 Å². The van der Waals surface area contributed by atoms with Gasteiger partial charge >= 0.3 is 12.0 Å². The zero-order valence-corrected chi connectivity index (χ0v) is 15.2. The maximum absolute atomic E-state index is 12.3. The summed E-state index contributed by atoms with van der Waals surface area (Å²) in [6, 6.07) is 7.04. The topological polar surface area (TPSA) is 108 Å². The predicted molar refractivity (Wildman–Crippen MR) is 98.7 cm³/mol. The third-order valence-electron chi connectivity index (χ3n) is 4.49. The van der Waals surface area contributed by atoms with Gasteiger partial charge in [0.15, 0.2) is 0 Å². The van der Waals surface area contributed by atoms with E-state index < -0.39 is 11.9 Å². The van der Waals surface area contributed by atoms with Crippen molar-refractivity contribution < 1.29 is 19.5 Å². The Morgan fingerprint density at radius 1 is 1.12 bits per heavy atom. The van der Waals surface area contributed by atoms with Crippen molar-refractivity contribution in [1.29, 1.82) is 0 Å². The molecule has 0 saturated heterocycles. The summed E-state index contributed by atoms with van der Waals surface area (Å²) >= 11 is 0. The molecule has 1 aliphatic rings. The smallest absolute Gasteiger partial charge is 0.319 e. The van der Waals surface area contributed by atoms with Crippen LogP contribution in [0.4, 0.5) is 10.5 Å². The highest BCUT2D eigenvalue weighted by Crippen LogP contribution is 2.29. The zero-order chi connectivity index (χ0) is 19.1. The zero-order valence-electron chi connectivity index (χ0n) is 15.2. The standard InChI is InChI=1S/C19H27N3O4/c1-12(2)21-19(26)22-16-8-6-13(7-9-16)11-20-17(23)14-4-3-5-15(10-14)18(24)25/h6-9,12,14-15H,3-5,10-11H2,1-2H3,(H,20,23)(H,24,25)(H2,21,22,26). The van der Waals surface area contributed by atoms with Crippen LogP contribution < -0.4 is 16.0 Å². The van der Waals surface area contributed by atoms with E-state index in [1.807, 2.05) is 26.0 Å². The summed E-state index contributed by atoms with van der Waals surface area (Å²) in [7, 11) is 0. The fraction of sp³-hybridized carbons (Fsp3) is 0.526. The molecule has 0 bridgehead atoms. The molecule has 26 heavy (non-hydrogen) atoms. The molecule has 3 amide bonds. The second-order valence-corrected chi connectivity index (χ2v) is 7.07. The Hall–Kier alpha value is -2.57. The molecule has 2 atom stereocenters. The van der Waals surface area contributed by atoms with Crippen LogP contribution in [-0.4, -0.2) is 29.1 Å². The molecular formula is C19H27N3O4. The van der Waals surface area contributed by atoms with E-state index in [-0.39, 0.29) is 23.9 Å². The van der Waals surface area contributed by atoms with Gasteiger partial charge in [-0.25, -0.2) is 4.79 Å². The van der Waals surface area contributed by atoms with Crippen molar-refractivity contribution in [1.82, 2.24) is 10.6 Å². The molecule has 7 nitrogen and oxygen atoms in total. The molecule has 1 aromatic carbocycles. The van der Waals surface area contributed by atoms with Crippen LogP contribution in [0.1, 0.15) is 45.1 Å². The van der Waals surface area contributed by atoms with E-state index in [1.165, 1.54) is 0 Å². The number of carbonyl (C=O) groups is 3. The fourth-order valence-corrected chi connectivity index (χ4v) is 3.12. The van der Waals surface area contributed by atoms with Crippen LogP contribution in [0.25, 0.3) is 0 Å². The van der Waals surface area contributed by atoms with Crippen molar-refractivity contribution in [3.05, 3.63) is 29.8 Å². The fourth-order valence-electron chi connectivity index (χ4n) is 3.12. The number of hydrogen-bond donors (Lipinski definition) is 4. The number of rotatable bonds is 6. The Morgan fingerprint density at radius 3 is 2.38 bits per heavy atom. The average Bonchev–Trinajstić information content (AvgIpc) is 2.60. The first-order chi connectivity index (χ1) is 12.3. The third-order valence-corrected chi connectivity index (χ3v) is 4.49. The Labute approximate surface area is 153 Å². The Morgan fingerprint density at radius 2 is 1.77 bits per heavy atom. The van der Waals surface area contributed by atoms with Gasteiger partial charge in [0.2, 0.25) is 5.91 Å². The number of carboxylic acid groups (broad SMARTS) is 1. The molecule has 142 valence electrons. The lowest BCUT2D eigenvalue weighted by Gasteiger charge is -2.25. The number of amides is 3. The van der Waals surface area contributed by atoms with Gasteiger partial charge in [0.25, 0.3) is 0 Å². The van der Waals surface area contributed by atoms with Crippen molar-refractivity contribution in [3.63, 3.8) is 0 Å². The van der Waals surface area contributed by atoms with Gasteiger partial charge in [-0.3, -0.25) is 9.59 Å². The van der Waals surface area contributed by atoms with Gasteiger partial charge in [-0.1, -0.05) is 18.6 Å². The van der Waals surface area contributed by atoms with Crippen LogP contribution >= 0.6 is 0 Å². The molecule has 1 fully saturated rings. The number of urea groups is 1. The molecule has 0 aliphatic heterocycles. The maximum atomic E-state index is 12.3. The SMILES string of the molecule is CC(C)NC(=O)Nc1ccc(CNC(=O)C2CCCC(C(=O)O)C2)cc1. The average molecular weight is 361 g/mol. The minimum absolute atomic E-state index is 0.0602. The first-order valence-electron chi connectivity index (χ1n) is 9.02. The number of benzene rings is 1. The molecule has 0 spiro atoms. The number of nitrogens with one attached hydrogen (secondary N) is 3. The molecule has 1 aliphatic carbocycles. The van der Waals surface area contributed by atoms with Gasteiger partial charge < -0.3 is 21.1 Å². The van der Waals surface area contributed by atoms with E-state index in [2.05, 4.69) is 16.0 Å². The highest BCUT2D eigenvalue weighted by molar-refractivity contribution is 5.89. The first-order valence-corrected chi connectivity index (χ1v) is 9.02. The molecule has 0 heterocycles. The van der Waals surface area contributed by atoms with Crippen LogP contribution in [0.3, 0.4) is 0 Å². The van der Waals surface area contributed by atoms with Crippen molar-refractivity contribution in [3.8, 4) is 0 Å². The minimum atomic E-state index is -0.813. The van der Waals surface area contributed by atoms with Crippen molar-refractivity contribution in [2.75, 3.05) is 5.32 Å². The van der Waals surface area contributed by atoms with Gasteiger partial charge in [-0.2, -0.15) is 0 Å². The van der Waals surface area contributed by atoms with Gasteiger partial charge in [-0.05, 0) is 50.8 Å². The van der Waals surface area contributed by atoms with Crippen LogP contribution in [-0.2, 0) is 16.1 Å². The Balaban J connectivity index is 1.81. The van der Waals surface area contributed by atoms with Gasteiger partial charge in [0, 0.05) is 24.2 Å². The normalized spacial score (nSPS) is 19.7. The van der Waals surface area contributed by atoms with Crippen LogP contribution in [0.15, 0.2) is 24.3 Å². The van der Waals surface area contributed by atoms with Crippen LogP contribution in [0.2, 0.25) is 0 Å². The van der Waals surface area contributed by atoms with E-state index in [1.54, 1.807) is 12.1 Å². The summed E-state index contributed by atoms with van der Waals surface area (Å²) in [6.07, 6.45) is 2.57. The largest absolute Gasteiger partial charge is 0.481 e. The first kappa shape index (κ1) is 19.8. The second kappa shape index (κ2) is 9.22. The van der Waals surface area contributed by atoms with E-state index in [0.717, 1.165) is 18.4 Å². The molecule has 1 saturated carbocycles. The molecule has 7 heteroatoms. The molecule has 1 aromatic rings. The second-order valence-electron chi connectivity index (χ2n) is 7.07. The van der Waals surface area contributed by atoms with Crippen molar-refractivity contribution in [2.24, 2.45) is 11.8 Å². The monoisotopic (exact) mass is 361 g/mol. The lowest BCUT2D eigenvalue weighted by Crippen LogP contribution is -2.35. The number of carbonyl (C=O) groups excluding carboxylic acids is 2. The summed E-state index contributed by atoms with van der Waals surface area (Å²) in [6.45, 7) is 4.15. The van der Waals surface area contributed by atoms with Gasteiger partial charge in [0.05, 0.1) is 5.92 Å². The Kier molecular flexibility index (Phi) is 7.00. The summed E-state index contributed by atoms with van der Waals surface area (Å²) in [5.74, 6) is -1.55. The molecule has 2 rings (SSSR count). The lowest BCUT2D eigenvalue weighted by atomic mass is 9.81. The maximum Gasteiger partial charge on any atom is 0.319 e. The predicted octanol–water partition coefficient (Wildman–Crippen LogP) is 2.72.